The van der Waals surface area contributed by atoms with Gasteiger partial charge in [-0.3, -0.25) is 0 Å². The van der Waals surface area contributed by atoms with E-state index in [1.165, 1.54) is 24.3 Å². The molecule has 1 heterocycles. The van der Waals surface area contributed by atoms with Crippen molar-refractivity contribution in [1.82, 2.24) is 5.32 Å². The fraction of sp³-hybridized carbons (Fsp3) is 0.368. The maximum atomic E-state index is 13.1. The molecule has 2 aromatic rings. The van der Waals surface area contributed by atoms with Crippen LogP contribution in [0.4, 0.5) is 13.2 Å². The van der Waals surface area contributed by atoms with Crippen LogP contribution >= 0.6 is 0 Å². The molecule has 3 N–H and O–H groups in total. The smallest absolute Gasteiger partial charge is 0.381 e. The van der Waals surface area contributed by atoms with Crippen LogP contribution in [-0.4, -0.2) is 21.6 Å². The lowest BCUT2D eigenvalue weighted by Gasteiger charge is -2.39. The second kappa shape index (κ2) is 7.82. The fourth-order valence-electron chi connectivity index (χ4n) is 3.35. The number of alkyl halides is 3. The lowest BCUT2D eigenvalue weighted by molar-refractivity contribution is -0.137. The molecule has 152 valence electrons. The van der Waals surface area contributed by atoms with Gasteiger partial charge in [-0.25, -0.2) is 13.6 Å². The molecule has 0 aliphatic carbocycles. The van der Waals surface area contributed by atoms with Crippen LogP contribution in [0.3, 0.4) is 0 Å². The van der Waals surface area contributed by atoms with Gasteiger partial charge in [0.05, 0.1) is 10.5 Å². The normalized spacial score (nSPS) is 17.4. The molecule has 1 aliphatic heterocycles. The lowest BCUT2D eigenvalue weighted by Crippen LogP contribution is -2.46. The maximum absolute atomic E-state index is 13.1. The Labute approximate surface area is 161 Å². The summed E-state index contributed by atoms with van der Waals surface area (Å²) in [7, 11) is -3.77. The lowest BCUT2D eigenvalue weighted by atomic mass is 9.81. The van der Waals surface area contributed by atoms with E-state index >= 15 is 0 Å². The number of sulfonamides is 1. The largest absolute Gasteiger partial charge is 0.416 e. The monoisotopic (exact) mass is 414 g/mol. The first kappa shape index (κ1) is 20.8. The molecule has 0 unspecified atom stereocenters. The van der Waals surface area contributed by atoms with Gasteiger partial charge in [0.2, 0.25) is 10.0 Å². The zero-order chi connectivity index (χ0) is 20.4. The van der Waals surface area contributed by atoms with Crippen LogP contribution in [0, 0.1) is 0 Å². The minimum absolute atomic E-state index is 0.00917. The van der Waals surface area contributed by atoms with E-state index < -0.39 is 27.3 Å². The van der Waals surface area contributed by atoms with E-state index in [1.807, 2.05) is 0 Å². The molecule has 5 nitrogen and oxygen atoms in total. The van der Waals surface area contributed by atoms with Crippen LogP contribution in [0.15, 0.2) is 53.4 Å². The van der Waals surface area contributed by atoms with Gasteiger partial charge in [0.25, 0.3) is 0 Å². The highest BCUT2D eigenvalue weighted by Crippen LogP contribution is 2.36. The Morgan fingerprint density at radius 1 is 1.07 bits per heavy atom. The quantitative estimate of drug-likeness (QED) is 0.788. The van der Waals surface area contributed by atoms with Gasteiger partial charge in [-0.2, -0.15) is 13.2 Å². The van der Waals surface area contributed by atoms with Crippen LogP contribution < -0.4 is 10.5 Å². The van der Waals surface area contributed by atoms with Gasteiger partial charge in [-0.05, 0) is 48.2 Å². The van der Waals surface area contributed by atoms with Crippen molar-refractivity contribution in [3.63, 3.8) is 0 Å². The molecule has 2 aromatic carbocycles. The van der Waals surface area contributed by atoms with Crippen LogP contribution in [0.5, 0.6) is 0 Å². The molecule has 0 saturated carbocycles. The molecule has 28 heavy (non-hydrogen) atoms. The van der Waals surface area contributed by atoms with Crippen molar-refractivity contribution in [2.75, 3.05) is 13.2 Å². The summed E-state index contributed by atoms with van der Waals surface area (Å²) in [5.41, 5.74) is 0.0187. The molecule has 0 radical (unpaired) electrons. The number of benzene rings is 2. The average Bonchev–Trinajstić information content (AvgIpc) is 2.66. The van der Waals surface area contributed by atoms with Crippen LogP contribution in [0.25, 0.3) is 0 Å². The van der Waals surface area contributed by atoms with E-state index in [2.05, 4.69) is 5.32 Å². The first-order chi connectivity index (χ1) is 13.1. The van der Waals surface area contributed by atoms with E-state index in [-0.39, 0.29) is 4.90 Å². The summed E-state index contributed by atoms with van der Waals surface area (Å²) >= 11 is 0. The molecule has 0 amide bonds. The summed E-state index contributed by atoms with van der Waals surface area (Å²) < 4.78 is 67.5. The third-order valence-electron chi connectivity index (χ3n) is 4.97. The molecule has 0 spiro atoms. The predicted octanol–water partition coefficient (Wildman–Crippen LogP) is 3.15. The van der Waals surface area contributed by atoms with Gasteiger partial charge in [0.15, 0.2) is 0 Å². The van der Waals surface area contributed by atoms with Crippen molar-refractivity contribution < 1.29 is 26.3 Å². The minimum atomic E-state index is -4.41. The number of ether oxygens (including phenoxy) is 1. The van der Waals surface area contributed by atoms with Crippen molar-refractivity contribution in [3.8, 4) is 0 Å². The SMILES string of the molecule is NS(=O)(=O)c1ccc(CNC2(c3cccc(C(F)(F)F)c3)CCOCC2)cc1. The van der Waals surface area contributed by atoms with Crippen molar-refractivity contribution >= 4 is 10.0 Å². The Morgan fingerprint density at radius 2 is 1.71 bits per heavy atom. The number of nitrogens with one attached hydrogen (secondary N) is 1. The van der Waals surface area contributed by atoms with Gasteiger partial charge in [-0.15, -0.1) is 0 Å². The van der Waals surface area contributed by atoms with Crippen LogP contribution in [0.1, 0.15) is 29.5 Å². The van der Waals surface area contributed by atoms with Crippen LogP contribution in [0.2, 0.25) is 0 Å². The summed E-state index contributed by atoms with van der Waals surface area (Å²) in [6.07, 6.45) is -3.35. The van der Waals surface area contributed by atoms with Gasteiger partial charge in [0.1, 0.15) is 0 Å². The van der Waals surface area contributed by atoms with Crippen molar-refractivity contribution in [1.29, 1.82) is 0 Å². The average molecular weight is 414 g/mol. The molecule has 1 fully saturated rings. The molecule has 1 aliphatic rings. The van der Waals surface area contributed by atoms with Crippen molar-refractivity contribution in [2.45, 2.75) is 36.0 Å². The molecule has 9 heteroatoms. The zero-order valence-electron chi connectivity index (χ0n) is 15.0. The fourth-order valence-corrected chi connectivity index (χ4v) is 3.86. The second-order valence-electron chi connectivity index (χ2n) is 6.82. The second-order valence-corrected chi connectivity index (χ2v) is 8.38. The summed E-state index contributed by atoms with van der Waals surface area (Å²) in [5, 5.41) is 8.47. The summed E-state index contributed by atoms with van der Waals surface area (Å²) in [6, 6.07) is 11.4. The first-order valence-electron chi connectivity index (χ1n) is 8.72. The highest BCUT2D eigenvalue weighted by molar-refractivity contribution is 7.89. The Balaban J connectivity index is 1.85. The number of hydrogen-bond donors (Lipinski definition) is 2. The van der Waals surface area contributed by atoms with Crippen LogP contribution in [-0.2, 0) is 33.0 Å². The molecule has 0 atom stereocenters. The minimum Gasteiger partial charge on any atom is -0.381 e. The molecular weight excluding hydrogens is 393 g/mol. The van der Waals surface area contributed by atoms with E-state index in [9.17, 15) is 21.6 Å². The van der Waals surface area contributed by atoms with Crippen molar-refractivity contribution in [3.05, 3.63) is 65.2 Å². The topological polar surface area (TPSA) is 81.4 Å². The highest BCUT2D eigenvalue weighted by atomic mass is 32.2. The number of hydrogen-bond acceptors (Lipinski definition) is 4. The Morgan fingerprint density at radius 3 is 2.29 bits per heavy atom. The molecular formula is C19H21F3N2O3S. The number of rotatable bonds is 5. The first-order valence-corrected chi connectivity index (χ1v) is 10.3. The summed E-state index contributed by atoms with van der Waals surface area (Å²) in [5.74, 6) is 0. The zero-order valence-corrected chi connectivity index (χ0v) is 15.8. The van der Waals surface area contributed by atoms with E-state index in [0.717, 1.165) is 11.6 Å². The number of nitrogens with two attached hydrogens (primary N) is 1. The Hall–Kier alpha value is -1.94. The van der Waals surface area contributed by atoms with Gasteiger partial charge in [-0.1, -0.05) is 24.3 Å². The Bertz CT molecular complexity index is 922. The molecule has 3 rings (SSSR count). The third kappa shape index (κ3) is 4.72. The standard InChI is InChI=1S/C19H21F3N2O3S/c20-19(21,22)16-3-1-2-15(12-16)18(8-10-27-11-9-18)24-13-14-4-6-17(7-5-14)28(23,25)26/h1-7,12,24H,8-11,13H2,(H2,23,25,26). The number of halogens is 3. The van der Waals surface area contributed by atoms with E-state index in [4.69, 9.17) is 9.88 Å². The van der Waals surface area contributed by atoms with Gasteiger partial charge >= 0.3 is 6.18 Å². The molecule has 0 aromatic heterocycles. The van der Waals surface area contributed by atoms with E-state index in [1.54, 1.807) is 18.2 Å². The maximum Gasteiger partial charge on any atom is 0.416 e. The number of primary sulfonamides is 1. The highest BCUT2D eigenvalue weighted by Gasteiger charge is 2.37. The van der Waals surface area contributed by atoms with Crippen molar-refractivity contribution in [2.24, 2.45) is 5.14 Å². The molecule has 1 saturated heterocycles. The van der Waals surface area contributed by atoms with Gasteiger partial charge < -0.3 is 10.1 Å². The summed E-state index contributed by atoms with van der Waals surface area (Å²) in [6.45, 7) is 1.24. The van der Waals surface area contributed by atoms with Gasteiger partial charge in [0, 0.05) is 25.3 Å². The predicted molar refractivity (Wildman–Crippen MR) is 97.8 cm³/mol. The third-order valence-corrected chi connectivity index (χ3v) is 5.90. The molecule has 0 bridgehead atoms. The van der Waals surface area contributed by atoms with E-state index in [0.29, 0.717) is 38.2 Å². The Kier molecular flexibility index (Phi) is 5.81. The summed E-state index contributed by atoms with van der Waals surface area (Å²) in [4.78, 5) is 0.00917.